The van der Waals surface area contributed by atoms with Crippen LogP contribution in [0.3, 0.4) is 0 Å². The number of hydrogen-bond donors (Lipinski definition) is 1. The van der Waals surface area contributed by atoms with Crippen LogP contribution in [0.5, 0.6) is 5.75 Å². The van der Waals surface area contributed by atoms with E-state index in [4.69, 9.17) is 14.2 Å². The molecule has 1 aliphatic heterocycles. The molecule has 8 heteroatoms. The van der Waals surface area contributed by atoms with Crippen LogP contribution in [-0.2, 0) is 19.1 Å². The van der Waals surface area contributed by atoms with Gasteiger partial charge < -0.3 is 24.4 Å². The molecule has 1 heterocycles. The number of nitrogens with zero attached hydrogens (tertiary/aromatic N) is 1. The molecule has 0 radical (unpaired) electrons. The Morgan fingerprint density at radius 1 is 1.17 bits per heavy atom. The number of amides is 2. The lowest BCUT2D eigenvalue weighted by molar-refractivity contribution is -0.158. The Balaban J connectivity index is 1.81. The summed E-state index contributed by atoms with van der Waals surface area (Å²) in [4.78, 5) is 38.4. The molecule has 1 N–H and O–H groups in total. The maximum Gasteiger partial charge on any atom is 0.410 e. The van der Waals surface area contributed by atoms with Gasteiger partial charge in [-0.25, -0.2) is 4.79 Å². The van der Waals surface area contributed by atoms with E-state index >= 15 is 0 Å². The minimum Gasteiger partial charge on any atom is -0.497 e. The number of esters is 1. The molecule has 160 valence electrons. The standard InChI is InChI=1S/C21H30N2O6/c1-14(18(24)22-16-7-6-8-17(13-16)27-5)28-19(25)15-9-11-23(12-10-15)20(26)29-21(2,3)4/h6-8,13-15H,9-12H2,1-5H3,(H,22,24)/t14-/m0/s1. The molecule has 1 aliphatic rings. The molecule has 0 saturated carbocycles. The van der Waals surface area contributed by atoms with Crippen molar-refractivity contribution < 1.29 is 28.6 Å². The van der Waals surface area contributed by atoms with E-state index in [0.29, 0.717) is 37.4 Å². The average Bonchev–Trinajstić information content (AvgIpc) is 2.66. The van der Waals surface area contributed by atoms with Crippen LogP contribution >= 0.6 is 0 Å². The number of anilines is 1. The fourth-order valence-electron chi connectivity index (χ4n) is 2.89. The predicted molar refractivity (Wildman–Crippen MR) is 108 cm³/mol. The number of benzene rings is 1. The molecule has 0 bridgehead atoms. The number of nitrogens with one attached hydrogen (secondary N) is 1. The van der Waals surface area contributed by atoms with Gasteiger partial charge in [0.15, 0.2) is 6.10 Å². The summed E-state index contributed by atoms with van der Waals surface area (Å²) >= 11 is 0. The second-order valence-corrected chi connectivity index (χ2v) is 8.04. The van der Waals surface area contributed by atoms with Gasteiger partial charge in [0.05, 0.1) is 13.0 Å². The molecule has 0 aromatic heterocycles. The normalized spacial score (nSPS) is 16.0. The highest BCUT2D eigenvalue weighted by Gasteiger charge is 2.32. The first-order valence-electron chi connectivity index (χ1n) is 9.72. The van der Waals surface area contributed by atoms with Gasteiger partial charge in [0.1, 0.15) is 11.4 Å². The Morgan fingerprint density at radius 3 is 2.41 bits per heavy atom. The fourth-order valence-corrected chi connectivity index (χ4v) is 2.89. The minimum absolute atomic E-state index is 0.347. The third-order valence-corrected chi connectivity index (χ3v) is 4.48. The predicted octanol–water partition coefficient (Wildman–Crippen LogP) is 3.21. The Bertz CT molecular complexity index is 735. The number of likely N-dealkylation sites (tertiary alicyclic amines) is 1. The molecule has 8 nitrogen and oxygen atoms in total. The first-order valence-corrected chi connectivity index (χ1v) is 9.72. The van der Waals surface area contributed by atoms with Crippen LogP contribution in [0, 0.1) is 5.92 Å². The van der Waals surface area contributed by atoms with E-state index in [9.17, 15) is 14.4 Å². The van der Waals surface area contributed by atoms with Gasteiger partial charge in [0.25, 0.3) is 5.91 Å². The summed E-state index contributed by atoms with van der Waals surface area (Å²) < 4.78 is 15.8. The summed E-state index contributed by atoms with van der Waals surface area (Å²) in [6, 6.07) is 6.92. The van der Waals surface area contributed by atoms with E-state index in [-0.39, 0.29) is 12.0 Å². The first kappa shape index (κ1) is 22.5. The van der Waals surface area contributed by atoms with Gasteiger partial charge in [-0.05, 0) is 52.7 Å². The Morgan fingerprint density at radius 2 is 1.83 bits per heavy atom. The van der Waals surface area contributed by atoms with Crippen molar-refractivity contribution in [1.82, 2.24) is 4.90 Å². The molecule has 2 amide bonds. The van der Waals surface area contributed by atoms with Crippen molar-refractivity contribution >= 4 is 23.7 Å². The molecule has 1 saturated heterocycles. The van der Waals surface area contributed by atoms with Gasteiger partial charge in [0, 0.05) is 24.8 Å². The molecule has 0 spiro atoms. The molecular formula is C21H30N2O6. The van der Waals surface area contributed by atoms with E-state index in [1.54, 1.807) is 36.3 Å². The van der Waals surface area contributed by atoms with Gasteiger partial charge in [0.2, 0.25) is 0 Å². The number of hydrogen-bond acceptors (Lipinski definition) is 6. The lowest BCUT2D eigenvalue weighted by atomic mass is 9.97. The Hall–Kier alpha value is -2.77. The van der Waals surface area contributed by atoms with Crippen molar-refractivity contribution in [2.24, 2.45) is 5.92 Å². The van der Waals surface area contributed by atoms with Crippen molar-refractivity contribution in [1.29, 1.82) is 0 Å². The molecule has 0 aliphatic carbocycles. The number of rotatable bonds is 5. The lowest BCUT2D eigenvalue weighted by Crippen LogP contribution is -2.43. The molecule has 0 unspecified atom stereocenters. The highest BCUT2D eigenvalue weighted by Crippen LogP contribution is 2.22. The largest absolute Gasteiger partial charge is 0.497 e. The lowest BCUT2D eigenvalue weighted by Gasteiger charge is -2.32. The zero-order valence-electron chi connectivity index (χ0n) is 17.7. The Kier molecular flexibility index (Phi) is 7.47. The summed E-state index contributed by atoms with van der Waals surface area (Å²) in [7, 11) is 1.54. The van der Waals surface area contributed by atoms with E-state index in [1.165, 1.54) is 6.92 Å². The summed E-state index contributed by atoms with van der Waals surface area (Å²) in [6.07, 6.45) is -0.363. The fraction of sp³-hybridized carbons (Fsp3) is 0.571. The van der Waals surface area contributed by atoms with Crippen LogP contribution in [0.1, 0.15) is 40.5 Å². The maximum absolute atomic E-state index is 12.4. The highest BCUT2D eigenvalue weighted by atomic mass is 16.6. The van der Waals surface area contributed by atoms with E-state index in [1.807, 2.05) is 20.8 Å². The van der Waals surface area contributed by atoms with Crippen LogP contribution < -0.4 is 10.1 Å². The van der Waals surface area contributed by atoms with E-state index < -0.39 is 23.6 Å². The zero-order chi connectivity index (χ0) is 21.6. The number of methoxy groups -OCH3 is 1. The van der Waals surface area contributed by atoms with Gasteiger partial charge >= 0.3 is 12.1 Å². The van der Waals surface area contributed by atoms with Gasteiger partial charge in [-0.1, -0.05) is 6.07 Å². The van der Waals surface area contributed by atoms with Crippen LogP contribution in [0.2, 0.25) is 0 Å². The minimum atomic E-state index is -0.933. The molecular weight excluding hydrogens is 376 g/mol. The first-order chi connectivity index (χ1) is 13.6. The molecule has 2 rings (SSSR count). The van der Waals surface area contributed by atoms with Crippen molar-refractivity contribution in [2.75, 3.05) is 25.5 Å². The number of ether oxygens (including phenoxy) is 3. The van der Waals surface area contributed by atoms with E-state index in [0.717, 1.165) is 0 Å². The third kappa shape index (κ3) is 6.96. The zero-order valence-corrected chi connectivity index (χ0v) is 17.7. The summed E-state index contributed by atoms with van der Waals surface area (Å²) in [6.45, 7) is 7.80. The van der Waals surface area contributed by atoms with Crippen molar-refractivity contribution in [3.8, 4) is 5.75 Å². The van der Waals surface area contributed by atoms with Gasteiger partial charge in [-0.15, -0.1) is 0 Å². The quantitative estimate of drug-likeness (QED) is 0.755. The number of carbonyl (C=O) groups excluding carboxylic acids is 3. The molecule has 1 atom stereocenters. The topological polar surface area (TPSA) is 94.2 Å². The highest BCUT2D eigenvalue weighted by molar-refractivity contribution is 5.95. The van der Waals surface area contributed by atoms with Gasteiger partial charge in [-0.3, -0.25) is 9.59 Å². The van der Waals surface area contributed by atoms with E-state index in [2.05, 4.69) is 5.32 Å². The Labute approximate surface area is 171 Å². The van der Waals surface area contributed by atoms with Crippen molar-refractivity contribution in [2.45, 2.75) is 52.2 Å². The van der Waals surface area contributed by atoms with Crippen molar-refractivity contribution in [3.63, 3.8) is 0 Å². The second kappa shape index (κ2) is 9.62. The smallest absolute Gasteiger partial charge is 0.410 e. The average molecular weight is 406 g/mol. The summed E-state index contributed by atoms with van der Waals surface area (Å²) in [5, 5.41) is 2.70. The van der Waals surface area contributed by atoms with Crippen LogP contribution in [0.4, 0.5) is 10.5 Å². The van der Waals surface area contributed by atoms with Crippen LogP contribution in [0.15, 0.2) is 24.3 Å². The summed E-state index contributed by atoms with van der Waals surface area (Å²) in [5.41, 5.74) is 0.00114. The molecule has 29 heavy (non-hydrogen) atoms. The van der Waals surface area contributed by atoms with Crippen LogP contribution in [-0.4, -0.2) is 54.8 Å². The van der Waals surface area contributed by atoms with Crippen LogP contribution in [0.25, 0.3) is 0 Å². The SMILES string of the molecule is COc1cccc(NC(=O)[C@H](C)OC(=O)C2CCN(C(=O)OC(C)(C)C)CC2)c1. The number of piperidine rings is 1. The maximum atomic E-state index is 12.4. The van der Waals surface area contributed by atoms with Crippen molar-refractivity contribution in [3.05, 3.63) is 24.3 Å². The van der Waals surface area contributed by atoms with Gasteiger partial charge in [-0.2, -0.15) is 0 Å². The second-order valence-electron chi connectivity index (χ2n) is 8.04. The molecule has 1 fully saturated rings. The summed E-state index contributed by atoms with van der Waals surface area (Å²) in [5.74, 6) is -0.579. The third-order valence-electron chi connectivity index (χ3n) is 4.48. The molecule has 1 aromatic rings. The molecule has 1 aromatic carbocycles. The number of carbonyl (C=O) groups is 3. The monoisotopic (exact) mass is 406 g/mol.